The number of carbonyl (C=O) groups is 1. The van der Waals surface area contributed by atoms with Gasteiger partial charge in [-0.3, -0.25) is 9.69 Å². The molecule has 1 N–H and O–H groups in total. The summed E-state index contributed by atoms with van der Waals surface area (Å²) in [6.45, 7) is 5.70. The summed E-state index contributed by atoms with van der Waals surface area (Å²) in [7, 11) is 0. The van der Waals surface area contributed by atoms with Crippen LogP contribution in [0.4, 0.5) is 5.13 Å². The molecule has 0 atom stereocenters. The van der Waals surface area contributed by atoms with Crippen LogP contribution >= 0.6 is 34.5 Å². The van der Waals surface area contributed by atoms with Crippen molar-refractivity contribution in [2.24, 2.45) is 0 Å². The van der Waals surface area contributed by atoms with Crippen molar-refractivity contribution in [3.8, 4) is 5.75 Å². The van der Waals surface area contributed by atoms with Crippen molar-refractivity contribution in [3.63, 3.8) is 0 Å². The number of halogens is 2. The quantitative estimate of drug-likeness (QED) is 0.404. The van der Waals surface area contributed by atoms with Gasteiger partial charge in [0.15, 0.2) is 5.13 Å². The molecule has 2 aliphatic rings. The second-order valence-electron chi connectivity index (χ2n) is 9.38. The number of benzene rings is 2. The predicted molar refractivity (Wildman–Crippen MR) is 144 cm³/mol. The van der Waals surface area contributed by atoms with Crippen LogP contribution < -0.4 is 9.64 Å². The van der Waals surface area contributed by atoms with E-state index in [-0.39, 0.29) is 12.0 Å². The Balaban J connectivity index is 1.27. The maximum atomic E-state index is 11.1. The van der Waals surface area contributed by atoms with Crippen molar-refractivity contribution in [1.82, 2.24) is 9.88 Å². The molecule has 0 saturated carbocycles. The highest BCUT2D eigenvalue weighted by Gasteiger charge is 2.40. The van der Waals surface area contributed by atoms with Crippen molar-refractivity contribution < 1.29 is 19.4 Å². The Kier molecular flexibility index (Phi) is 7.88. The molecule has 0 bridgehead atoms. The number of hydrogen-bond donors (Lipinski definition) is 1. The first kappa shape index (κ1) is 25.5. The first-order valence-electron chi connectivity index (χ1n) is 12.2. The molecule has 1 aromatic heterocycles. The Morgan fingerprint density at radius 1 is 1.08 bits per heavy atom. The van der Waals surface area contributed by atoms with Gasteiger partial charge in [-0.25, -0.2) is 4.98 Å². The van der Waals surface area contributed by atoms with E-state index in [1.807, 2.05) is 18.2 Å². The molecule has 2 aromatic carbocycles. The van der Waals surface area contributed by atoms with E-state index >= 15 is 0 Å². The number of fused-ring (bicyclic) bond motifs is 1. The Labute approximate surface area is 224 Å². The Morgan fingerprint density at radius 3 is 2.61 bits per heavy atom. The summed E-state index contributed by atoms with van der Waals surface area (Å²) in [6.07, 6.45) is 2.80. The third-order valence-electron chi connectivity index (χ3n) is 7.11. The molecule has 7 nitrogen and oxygen atoms in total. The van der Waals surface area contributed by atoms with Crippen molar-refractivity contribution in [2.75, 3.05) is 50.9 Å². The molecule has 0 radical (unpaired) electrons. The van der Waals surface area contributed by atoms with Gasteiger partial charge in [-0.15, -0.1) is 0 Å². The van der Waals surface area contributed by atoms with Crippen LogP contribution in [0.3, 0.4) is 0 Å². The maximum Gasteiger partial charge on any atom is 0.307 e. The van der Waals surface area contributed by atoms with Crippen LogP contribution in [0.1, 0.15) is 24.8 Å². The van der Waals surface area contributed by atoms with Crippen LogP contribution in [-0.2, 0) is 16.0 Å². The smallest absolute Gasteiger partial charge is 0.307 e. The highest BCUT2D eigenvalue weighted by atomic mass is 35.5. The van der Waals surface area contributed by atoms with Gasteiger partial charge in [-0.2, -0.15) is 0 Å². The van der Waals surface area contributed by atoms with Crippen molar-refractivity contribution >= 4 is 55.9 Å². The van der Waals surface area contributed by atoms with E-state index in [4.69, 9.17) is 42.8 Å². The molecule has 2 aliphatic heterocycles. The van der Waals surface area contributed by atoms with Gasteiger partial charge in [0.2, 0.25) is 0 Å². The van der Waals surface area contributed by atoms with Gasteiger partial charge in [-0.05, 0) is 61.2 Å². The molecule has 36 heavy (non-hydrogen) atoms. The molecular formula is C26H29Cl2N3O4S. The third kappa shape index (κ3) is 5.89. The van der Waals surface area contributed by atoms with Crippen LogP contribution in [-0.4, -0.2) is 72.5 Å². The molecule has 5 rings (SSSR count). The van der Waals surface area contributed by atoms with E-state index in [1.165, 1.54) is 0 Å². The number of piperidine rings is 1. The van der Waals surface area contributed by atoms with Crippen molar-refractivity contribution in [2.45, 2.75) is 31.2 Å². The van der Waals surface area contributed by atoms with Gasteiger partial charge in [0, 0.05) is 41.8 Å². The molecule has 0 aliphatic carbocycles. The number of carboxylic acids is 1. The van der Waals surface area contributed by atoms with Crippen LogP contribution in [0.25, 0.3) is 10.2 Å². The molecular weight excluding hydrogens is 521 g/mol. The Hall–Kier alpha value is -2.10. The van der Waals surface area contributed by atoms with Gasteiger partial charge in [0.25, 0.3) is 0 Å². The summed E-state index contributed by atoms with van der Waals surface area (Å²) in [4.78, 5) is 20.9. The summed E-state index contributed by atoms with van der Waals surface area (Å²) in [6, 6.07) is 11.0. The van der Waals surface area contributed by atoms with E-state index < -0.39 is 5.97 Å². The molecule has 2 saturated heterocycles. The first-order valence-corrected chi connectivity index (χ1v) is 13.8. The number of aliphatic carboxylic acids is 1. The topological polar surface area (TPSA) is 75.1 Å². The maximum absolute atomic E-state index is 11.1. The number of thiazole rings is 1. The minimum Gasteiger partial charge on any atom is -0.493 e. The number of aromatic nitrogens is 1. The van der Waals surface area contributed by atoms with Gasteiger partial charge in [-0.1, -0.05) is 34.5 Å². The first-order chi connectivity index (χ1) is 17.4. The van der Waals surface area contributed by atoms with E-state index in [0.717, 1.165) is 79.0 Å². The van der Waals surface area contributed by atoms with E-state index in [2.05, 4.69) is 9.80 Å². The zero-order valence-corrected chi connectivity index (χ0v) is 22.2. The molecule has 3 heterocycles. The fourth-order valence-corrected chi connectivity index (χ4v) is 6.78. The predicted octanol–water partition coefficient (Wildman–Crippen LogP) is 5.37. The molecule has 3 aromatic rings. The standard InChI is InChI=1S/C26H29Cl2N3O4S/c27-19-1-2-22-23(17-19)36-25(29-22)30-6-3-26(4-7-30,31-8-11-34-12-9-31)5-10-35-21-14-18(15-24(32)33)13-20(28)16-21/h1-2,13-14,16-17H,3-12,15H2,(H,32,33). The minimum atomic E-state index is -0.891. The van der Waals surface area contributed by atoms with Crippen molar-refractivity contribution in [3.05, 3.63) is 52.0 Å². The van der Waals surface area contributed by atoms with Gasteiger partial charge in [0.1, 0.15) is 5.75 Å². The summed E-state index contributed by atoms with van der Waals surface area (Å²) < 4.78 is 12.9. The number of ether oxygens (including phenoxy) is 2. The van der Waals surface area contributed by atoms with Crippen LogP contribution in [0.5, 0.6) is 5.75 Å². The Bertz CT molecular complexity index is 1220. The Morgan fingerprint density at radius 2 is 1.86 bits per heavy atom. The number of nitrogens with zero attached hydrogens (tertiary/aromatic N) is 3. The number of anilines is 1. The SMILES string of the molecule is O=C(O)Cc1cc(Cl)cc(OCCC2(N3CCOCC3)CCN(c3nc4ccc(Cl)cc4s3)CC2)c1. The normalized spacial score (nSPS) is 18.4. The van der Waals surface area contributed by atoms with Crippen LogP contribution in [0.2, 0.25) is 10.0 Å². The van der Waals surface area contributed by atoms with E-state index in [9.17, 15) is 4.79 Å². The fourth-order valence-electron chi connectivity index (χ4n) is 5.24. The fraction of sp³-hybridized carbons (Fsp3) is 0.462. The van der Waals surface area contributed by atoms with Gasteiger partial charge in [0.05, 0.1) is 36.5 Å². The van der Waals surface area contributed by atoms with Crippen LogP contribution in [0, 0.1) is 0 Å². The summed E-state index contributed by atoms with van der Waals surface area (Å²) >= 11 is 14.1. The molecule has 0 unspecified atom stereocenters. The lowest BCUT2D eigenvalue weighted by Crippen LogP contribution is -2.59. The van der Waals surface area contributed by atoms with Crippen LogP contribution in [0.15, 0.2) is 36.4 Å². The lowest BCUT2D eigenvalue weighted by Gasteiger charge is -2.50. The molecule has 0 amide bonds. The largest absolute Gasteiger partial charge is 0.493 e. The number of morpholine rings is 1. The molecule has 2 fully saturated rings. The second kappa shape index (κ2) is 11.1. The number of rotatable bonds is 8. The summed E-state index contributed by atoms with van der Waals surface area (Å²) in [5.41, 5.74) is 1.64. The lowest BCUT2D eigenvalue weighted by atomic mass is 9.82. The monoisotopic (exact) mass is 549 g/mol. The molecule has 192 valence electrons. The minimum absolute atomic E-state index is 0.0166. The molecule has 10 heteroatoms. The van der Waals surface area contributed by atoms with Gasteiger partial charge < -0.3 is 19.5 Å². The average Bonchev–Trinajstić information content (AvgIpc) is 3.27. The van der Waals surface area contributed by atoms with E-state index in [1.54, 1.807) is 29.5 Å². The van der Waals surface area contributed by atoms with Gasteiger partial charge >= 0.3 is 5.97 Å². The zero-order valence-electron chi connectivity index (χ0n) is 19.9. The van der Waals surface area contributed by atoms with Crippen molar-refractivity contribution in [1.29, 1.82) is 0 Å². The summed E-state index contributed by atoms with van der Waals surface area (Å²) in [5, 5.41) is 11.4. The highest BCUT2D eigenvalue weighted by Crippen LogP contribution is 2.38. The lowest BCUT2D eigenvalue weighted by molar-refractivity contribution is -0.136. The van der Waals surface area contributed by atoms with E-state index in [0.29, 0.717) is 22.9 Å². The third-order valence-corrected chi connectivity index (χ3v) is 8.64. The highest BCUT2D eigenvalue weighted by molar-refractivity contribution is 7.22. The molecule has 0 spiro atoms. The zero-order chi connectivity index (χ0) is 25.1. The number of hydrogen-bond acceptors (Lipinski definition) is 7. The average molecular weight is 551 g/mol. The second-order valence-corrected chi connectivity index (χ2v) is 11.3. The summed E-state index contributed by atoms with van der Waals surface area (Å²) in [5.74, 6) is -0.279. The number of carboxylic acid groups (broad SMARTS) is 1.